The lowest BCUT2D eigenvalue weighted by molar-refractivity contribution is -0.137. The quantitative estimate of drug-likeness (QED) is 0.680. The van der Waals surface area contributed by atoms with Gasteiger partial charge in [-0.15, -0.1) is 0 Å². The van der Waals surface area contributed by atoms with Crippen molar-refractivity contribution in [3.63, 3.8) is 0 Å². The fourth-order valence-corrected chi connectivity index (χ4v) is 2.44. The zero-order valence-electron chi connectivity index (χ0n) is 13.3. The van der Waals surface area contributed by atoms with Crippen molar-refractivity contribution >= 4 is 13.1 Å². The van der Waals surface area contributed by atoms with Crippen LogP contribution in [0.25, 0.3) is 0 Å². The first-order chi connectivity index (χ1) is 10.4. The van der Waals surface area contributed by atoms with Gasteiger partial charge < -0.3 is 14.4 Å². The number of rotatable bonds is 4. The number of carboxylic acid groups (broad SMARTS) is 1. The van der Waals surface area contributed by atoms with Crippen molar-refractivity contribution in [1.82, 2.24) is 0 Å². The Balaban J connectivity index is 2.46. The van der Waals surface area contributed by atoms with Gasteiger partial charge in [0.1, 0.15) is 5.82 Å². The van der Waals surface area contributed by atoms with Crippen molar-refractivity contribution in [2.45, 2.75) is 51.1 Å². The van der Waals surface area contributed by atoms with E-state index in [2.05, 4.69) is 0 Å². The predicted octanol–water partition coefficient (Wildman–Crippen LogP) is 3.29. The molecule has 2 rings (SSSR count). The Labute approximate surface area is 132 Å². The lowest BCUT2D eigenvalue weighted by atomic mass is 9.66. The van der Waals surface area contributed by atoms with Gasteiger partial charge in [0.25, 0.3) is 0 Å². The summed E-state index contributed by atoms with van der Waals surface area (Å²) in [4.78, 5) is 11.1. The van der Waals surface area contributed by atoms with Gasteiger partial charge in [-0.25, -0.2) is 13.2 Å². The Hall–Kier alpha value is -1.54. The molecule has 1 saturated heterocycles. The van der Waals surface area contributed by atoms with Crippen LogP contribution >= 0.6 is 0 Å². The summed E-state index contributed by atoms with van der Waals surface area (Å²) in [6.45, 7) is 6.97. The van der Waals surface area contributed by atoms with Crippen molar-refractivity contribution in [3.8, 4) is 0 Å². The van der Waals surface area contributed by atoms with Gasteiger partial charge in [0.2, 0.25) is 0 Å². The SMILES string of the molecule is CC1(C)OB(C(CC(=O)O)c2cc(F)cc(F)c2F)OC1(C)C. The van der Waals surface area contributed by atoms with E-state index >= 15 is 0 Å². The summed E-state index contributed by atoms with van der Waals surface area (Å²) in [5.41, 5.74) is -1.98. The summed E-state index contributed by atoms with van der Waals surface area (Å²) in [6, 6.07) is 1.18. The van der Waals surface area contributed by atoms with E-state index in [1.807, 2.05) is 0 Å². The molecule has 4 nitrogen and oxygen atoms in total. The van der Waals surface area contributed by atoms with E-state index in [4.69, 9.17) is 14.4 Å². The number of hydrogen-bond acceptors (Lipinski definition) is 3. The average molecular weight is 330 g/mol. The third-order valence-electron chi connectivity index (χ3n) is 4.42. The van der Waals surface area contributed by atoms with Crippen molar-refractivity contribution < 1.29 is 32.4 Å². The number of aliphatic carboxylic acids is 1. The summed E-state index contributed by atoms with van der Waals surface area (Å²) < 4.78 is 52.5. The van der Waals surface area contributed by atoms with Crippen LogP contribution in [-0.2, 0) is 14.1 Å². The minimum atomic E-state index is -1.38. The maximum absolute atomic E-state index is 14.1. The van der Waals surface area contributed by atoms with Crippen molar-refractivity contribution in [1.29, 1.82) is 0 Å². The maximum atomic E-state index is 14.1. The van der Waals surface area contributed by atoms with Crippen LogP contribution in [0.3, 0.4) is 0 Å². The van der Waals surface area contributed by atoms with Gasteiger partial charge in [-0.2, -0.15) is 0 Å². The highest BCUT2D eigenvalue weighted by molar-refractivity contribution is 6.48. The first-order valence-corrected chi connectivity index (χ1v) is 7.16. The molecule has 126 valence electrons. The summed E-state index contributed by atoms with van der Waals surface area (Å²) in [7, 11) is -1.13. The third kappa shape index (κ3) is 3.38. The number of hydrogen-bond donors (Lipinski definition) is 1. The van der Waals surface area contributed by atoms with Gasteiger partial charge in [-0.05, 0) is 39.3 Å². The highest BCUT2D eigenvalue weighted by atomic mass is 19.2. The Kier molecular flexibility index (Phi) is 4.52. The molecule has 8 heteroatoms. The van der Waals surface area contributed by atoms with Gasteiger partial charge in [-0.1, -0.05) is 0 Å². The lowest BCUT2D eigenvalue weighted by Crippen LogP contribution is -2.41. The molecule has 0 aromatic heterocycles. The fourth-order valence-electron chi connectivity index (χ4n) is 2.44. The smallest absolute Gasteiger partial charge is 0.466 e. The molecule has 0 saturated carbocycles. The Bertz CT molecular complexity index is 617. The molecule has 1 atom stereocenters. The number of carboxylic acids is 1. The normalized spacial score (nSPS) is 20.6. The van der Waals surface area contributed by atoms with Crippen LogP contribution in [0.4, 0.5) is 13.2 Å². The second kappa shape index (κ2) is 5.83. The summed E-state index contributed by atoms with van der Waals surface area (Å²) >= 11 is 0. The van der Waals surface area contributed by atoms with Crippen LogP contribution in [0, 0.1) is 17.5 Å². The van der Waals surface area contributed by atoms with E-state index in [1.165, 1.54) is 0 Å². The summed E-state index contributed by atoms with van der Waals surface area (Å²) in [5, 5.41) is 9.07. The molecule has 1 aliphatic heterocycles. The molecule has 0 aliphatic carbocycles. The average Bonchev–Trinajstić information content (AvgIpc) is 2.60. The Morgan fingerprint density at radius 1 is 1.17 bits per heavy atom. The van der Waals surface area contributed by atoms with E-state index in [9.17, 15) is 18.0 Å². The van der Waals surface area contributed by atoms with E-state index in [0.29, 0.717) is 6.07 Å². The van der Waals surface area contributed by atoms with Crippen LogP contribution in [0.5, 0.6) is 0 Å². The lowest BCUT2D eigenvalue weighted by Gasteiger charge is -2.32. The first kappa shape index (κ1) is 17.8. The number of benzene rings is 1. The molecule has 0 amide bonds. The van der Waals surface area contributed by atoms with Gasteiger partial charge in [0.05, 0.1) is 17.6 Å². The molecular weight excluding hydrogens is 312 g/mol. The van der Waals surface area contributed by atoms with Crippen molar-refractivity contribution in [2.24, 2.45) is 0 Å². The number of halogens is 3. The largest absolute Gasteiger partial charge is 0.481 e. The van der Waals surface area contributed by atoms with E-state index in [1.54, 1.807) is 27.7 Å². The van der Waals surface area contributed by atoms with Gasteiger partial charge in [0.15, 0.2) is 11.6 Å². The number of carbonyl (C=O) groups is 1. The highest BCUT2D eigenvalue weighted by Gasteiger charge is 2.54. The molecule has 23 heavy (non-hydrogen) atoms. The molecule has 1 aromatic rings. The molecule has 0 bridgehead atoms. The van der Waals surface area contributed by atoms with E-state index in [-0.39, 0.29) is 0 Å². The Morgan fingerprint density at radius 3 is 2.17 bits per heavy atom. The zero-order chi connectivity index (χ0) is 17.6. The zero-order valence-corrected chi connectivity index (χ0v) is 13.3. The molecule has 1 heterocycles. The van der Waals surface area contributed by atoms with Crippen LogP contribution in [0.2, 0.25) is 0 Å². The monoisotopic (exact) mass is 330 g/mol. The van der Waals surface area contributed by atoms with Gasteiger partial charge in [0, 0.05) is 11.9 Å². The van der Waals surface area contributed by atoms with Gasteiger partial charge in [-0.3, -0.25) is 4.79 Å². The molecule has 0 radical (unpaired) electrons. The molecule has 1 fully saturated rings. The van der Waals surface area contributed by atoms with Crippen molar-refractivity contribution in [2.75, 3.05) is 0 Å². The summed E-state index contributed by atoms with van der Waals surface area (Å²) in [5.74, 6) is -6.11. The van der Waals surface area contributed by atoms with Crippen molar-refractivity contribution in [3.05, 3.63) is 35.1 Å². The van der Waals surface area contributed by atoms with E-state index < -0.39 is 59.5 Å². The Morgan fingerprint density at radius 2 is 1.70 bits per heavy atom. The fraction of sp³-hybridized carbons (Fsp3) is 0.533. The molecule has 0 spiro atoms. The molecule has 1 N–H and O–H groups in total. The van der Waals surface area contributed by atoms with Crippen LogP contribution in [-0.4, -0.2) is 29.4 Å². The summed E-state index contributed by atoms with van der Waals surface area (Å²) in [6.07, 6.45) is -0.587. The topological polar surface area (TPSA) is 55.8 Å². The molecular formula is C15H18BF3O4. The standard InChI is InChI=1S/C15H18BF3O4/c1-14(2)15(3,4)23-16(22-14)10(7-12(20)21)9-5-8(17)6-11(18)13(9)19/h5-6,10H,7H2,1-4H3,(H,20,21). The van der Waals surface area contributed by atoms with Crippen LogP contribution in [0.15, 0.2) is 12.1 Å². The minimum Gasteiger partial charge on any atom is -0.481 e. The van der Waals surface area contributed by atoms with Gasteiger partial charge >= 0.3 is 13.1 Å². The predicted molar refractivity (Wildman–Crippen MR) is 77.4 cm³/mol. The second-order valence-electron chi connectivity index (χ2n) is 6.62. The molecule has 1 aliphatic rings. The maximum Gasteiger partial charge on any atom is 0.466 e. The molecule has 1 unspecified atom stereocenters. The van der Waals surface area contributed by atoms with Crippen LogP contribution in [0.1, 0.15) is 45.5 Å². The molecule has 1 aromatic carbocycles. The minimum absolute atomic E-state index is 0.404. The highest BCUT2D eigenvalue weighted by Crippen LogP contribution is 2.42. The second-order valence-corrected chi connectivity index (χ2v) is 6.62. The third-order valence-corrected chi connectivity index (χ3v) is 4.42. The van der Waals surface area contributed by atoms with Crippen LogP contribution < -0.4 is 0 Å². The first-order valence-electron chi connectivity index (χ1n) is 7.16. The van der Waals surface area contributed by atoms with E-state index in [0.717, 1.165) is 6.07 Å².